The van der Waals surface area contributed by atoms with Gasteiger partial charge in [0.05, 0.1) is 6.54 Å². The fraction of sp³-hybridized carbons (Fsp3) is 0.565. The highest BCUT2D eigenvalue weighted by Gasteiger charge is 2.25. The second-order valence-electron chi connectivity index (χ2n) is 8.85. The van der Waals surface area contributed by atoms with Crippen LogP contribution in [0, 0.1) is 0 Å². The molecule has 0 saturated heterocycles. The topological polar surface area (TPSA) is 54.5 Å². The molecule has 1 N–H and O–H groups in total. The number of nitrogens with zero attached hydrogens (tertiary/aromatic N) is 2. The number of aromatic nitrogens is 1. The molecular weight excluding hydrogens is 382 g/mol. The van der Waals surface area contributed by atoms with Crippen molar-refractivity contribution in [1.29, 1.82) is 0 Å². The number of alkyl carbamates (subject to hydrolysis) is 1. The minimum atomic E-state index is -0.488. The predicted octanol–water partition coefficient (Wildman–Crippen LogP) is 5.25. The summed E-state index contributed by atoms with van der Waals surface area (Å²) >= 11 is 1.60. The van der Waals surface area contributed by atoms with Crippen molar-refractivity contribution in [2.24, 2.45) is 0 Å². The molecule has 1 amide bonds. The van der Waals surface area contributed by atoms with E-state index in [0.29, 0.717) is 6.54 Å². The number of hydrogen-bond donors (Lipinski definition) is 1. The molecule has 1 fully saturated rings. The van der Waals surface area contributed by atoms with Crippen molar-refractivity contribution in [3.63, 3.8) is 0 Å². The largest absolute Gasteiger partial charge is 0.444 e. The lowest BCUT2D eigenvalue weighted by molar-refractivity contribution is 0.0524. The molecule has 1 aliphatic carbocycles. The van der Waals surface area contributed by atoms with Crippen molar-refractivity contribution >= 4 is 17.4 Å². The summed E-state index contributed by atoms with van der Waals surface area (Å²) in [7, 11) is 2.25. The maximum atomic E-state index is 11.8. The molecule has 1 aliphatic rings. The third-order valence-electron chi connectivity index (χ3n) is 4.96. The molecule has 0 spiro atoms. The van der Waals surface area contributed by atoms with Crippen LogP contribution in [0.3, 0.4) is 0 Å². The van der Waals surface area contributed by atoms with Gasteiger partial charge in [-0.15, -0.1) is 11.3 Å². The van der Waals surface area contributed by atoms with Crippen molar-refractivity contribution in [2.75, 3.05) is 13.6 Å². The molecule has 2 aromatic rings. The minimum Gasteiger partial charge on any atom is -0.444 e. The minimum absolute atomic E-state index is 0.403. The molecule has 5 nitrogen and oxygen atoms in total. The van der Waals surface area contributed by atoms with Crippen LogP contribution < -0.4 is 5.32 Å². The lowest BCUT2D eigenvalue weighted by Gasteiger charge is -2.19. The van der Waals surface area contributed by atoms with Crippen LogP contribution >= 0.6 is 11.3 Å². The van der Waals surface area contributed by atoms with Crippen LogP contribution in [0.2, 0.25) is 0 Å². The molecule has 0 unspecified atom stereocenters. The van der Waals surface area contributed by atoms with Crippen molar-refractivity contribution in [2.45, 2.75) is 71.1 Å². The van der Waals surface area contributed by atoms with Gasteiger partial charge in [0, 0.05) is 22.7 Å². The Hall–Kier alpha value is -1.92. The molecule has 1 heterocycles. The third kappa shape index (κ3) is 7.44. The van der Waals surface area contributed by atoms with Crippen LogP contribution in [0.4, 0.5) is 4.79 Å². The Labute approximate surface area is 178 Å². The van der Waals surface area contributed by atoms with E-state index in [1.165, 1.54) is 37.8 Å². The zero-order chi connectivity index (χ0) is 20.9. The van der Waals surface area contributed by atoms with Gasteiger partial charge in [0.25, 0.3) is 0 Å². The zero-order valence-corrected chi connectivity index (χ0v) is 18.8. The summed E-state index contributed by atoms with van der Waals surface area (Å²) in [5.41, 5.74) is 2.01. The normalized spacial score (nSPS) is 14.2. The van der Waals surface area contributed by atoms with E-state index < -0.39 is 11.7 Å². The van der Waals surface area contributed by atoms with Gasteiger partial charge in [-0.3, -0.25) is 0 Å². The number of thiazole rings is 1. The molecular formula is C23H33N3O2S. The van der Waals surface area contributed by atoms with Crippen molar-refractivity contribution in [3.05, 3.63) is 40.9 Å². The summed E-state index contributed by atoms with van der Waals surface area (Å²) in [4.78, 5) is 19.8. The summed E-state index contributed by atoms with van der Waals surface area (Å²) in [6.07, 6.45) is 7.80. The molecule has 158 valence electrons. The summed E-state index contributed by atoms with van der Waals surface area (Å²) < 4.78 is 5.26. The predicted molar refractivity (Wildman–Crippen MR) is 119 cm³/mol. The fourth-order valence-electron chi connectivity index (χ4n) is 3.20. The van der Waals surface area contributed by atoms with E-state index in [-0.39, 0.29) is 0 Å². The van der Waals surface area contributed by atoms with E-state index in [1.54, 1.807) is 11.3 Å². The lowest BCUT2D eigenvalue weighted by atomic mass is 10.1. The Balaban J connectivity index is 1.43. The van der Waals surface area contributed by atoms with Crippen LogP contribution in [0.25, 0.3) is 10.6 Å². The molecule has 1 aromatic heterocycles. The summed E-state index contributed by atoms with van der Waals surface area (Å²) in [6, 6.07) is 9.57. The quantitative estimate of drug-likeness (QED) is 0.568. The van der Waals surface area contributed by atoms with E-state index in [0.717, 1.165) is 27.9 Å². The third-order valence-corrected chi connectivity index (χ3v) is 6.00. The highest BCUT2D eigenvalue weighted by molar-refractivity contribution is 7.15. The molecule has 0 atom stereocenters. The highest BCUT2D eigenvalue weighted by atomic mass is 32.1. The monoisotopic (exact) mass is 415 g/mol. The maximum absolute atomic E-state index is 11.8. The summed E-state index contributed by atoms with van der Waals surface area (Å²) in [5.74, 6) is 0. The van der Waals surface area contributed by atoms with Gasteiger partial charge >= 0.3 is 6.09 Å². The number of rotatable bonds is 9. The number of benzene rings is 1. The van der Waals surface area contributed by atoms with Gasteiger partial charge in [-0.2, -0.15) is 0 Å². The van der Waals surface area contributed by atoms with Crippen molar-refractivity contribution in [1.82, 2.24) is 15.2 Å². The average molecular weight is 416 g/mol. The van der Waals surface area contributed by atoms with Crippen molar-refractivity contribution in [3.8, 4) is 10.6 Å². The summed E-state index contributed by atoms with van der Waals surface area (Å²) in [6.45, 7) is 7.21. The van der Waals surface area contributed by atoms with E-state index in [1.807, 2.05) is 27.0 Å². The standard InChI is InChI=1S/C23H33N3O2S/c1-23(2,3)28-22(27)25-16-20-15-24-21(29-20)18-10-8-17(9-11-18)7-5-6-14-26(4)19-12-13-19/h8-11,15,19H,5-7,12-14,16H2,1-4H3,(H,25,27). The van der Waals surface area contributed by atoms with Gasteiger partial charge in [0.15, 0.2) is 0 Å². The van der Waals surface area contributed by atoms with Crippen LogP contribution in [0.1, 0.15) is 56.9 Å². The number of unbranched alkanes of at least 4 members (excludes halogenated alkanes) is 1. The van der Waals surface area contributed by atoms with Gasteiger partial charge in [0.2, 0.25) is 0 Å². The number of nitrogens with one attached hydrogen (secondary N) is 1. The maximum Gasteiger partial charge on any atom is 0.407 e. The number of hydrogen-bond acceptors (Lipinski definition) is 5. The average Bonchev–Trinajstić information content (AvgIpc) is 3.41. The molecule has 6 heteroatoms. The van der Waals surface area contributed by atoms with Crippen LogP contribution in [-0.2, 0) is 17.7 Å². The number of carbonyl (C=O) groups is 1. The molecule has 29 heavy (non-hydrogen) atoms. The second kappa shape index (κ2) is 9.72. The van der Waals surface area contributed by atoms with E-state index >= 15 is 0 Å². The van der Waals surface area contributed by atoms with E-state index in [4.69, 9.17) is 4.74 Å². The number of ether oxygens (including phenoxy) is 1. The number of aryl methyl sites for hydroxylation is 1. The van der Waals surface area contributed by atoms with Gasteiger partial charge in [0.1, 0.15) is 10.6 Å². The first-order chi connectivity index (χ1) is 13.8. The molecule has 0 bridgehead atoms. The Morgan fingerprint density at radius 3 is 2.62 bits per heavy atom. The zero-order valence-electron chi connectivity index (χ0n) is 18.0. The van der Waals surface area contributed by atoms with Crippen LogP contribution in [0.5, 0.6) is 0 Å². The van der Waals surface area contributed by atoms with Crippen molar-refractivity contribution < 1.29 is 9.53 Å². The second-order valence-corrected chi connectivity index (χ2v) is 9.97. The number of carbonyl (C=O) groups excluding carboxylic acids is 1. The Bertz CT molecular complexity index is 791. The molecule has 1 saturated carbocycles. The van der Waals surface area contributed by atoms with Crippen LogP contribution in [0.15, 0.2) is 30.5 Å². The Kier molecular flexibility index (Phi) is 7.30. The molecule has 0 radical (unpaired) electrons. The highest BCUT2D eigenvalue weighted by Crippen LogP contribution is 2.27. The first-order valence-electron chi connectivity index (χ1n) is 10.5. The Morgan fingerprint density at radius 2 is 1.97 bits per heavy atom. The van der Waals surface area contributed by atoms with Gasteiger partial charge in [-0.05, 0) is 72.0 Å². The van der Waals surface area contributed by atoms with E-state index in [2.05, 4.69) is 46.5 Å². The first-order valence-corrected chi connectivity index (χ1v) is 11.3. The summed E-state index contributed by atoms with van der Waals surface area (Å²) in [5, 5.41) is 3.76. The smallest absolute Gasteiger partial charge is 0.407 e. The Morgan fingerprint density at radius 1 is 1.24 bits per heavy atom. The number of amides is 1. The first kappa shape index (κ1) is 21.8. The fourth-order valence-corrected chi connectivity index (χ4v) is 4.06. The van der Waals surface area contributed by atoms with Gasteiger partial charge in [-0.25, -0.2) is 9.78 Å². The van der Waals surface area contributed by atoms with Crippen LogP contribution in [-0.4, -0.2) is 41.2 Å². The molecule has 0 aliphatic heterocycles. The van der Waals surface area contributed by atoms with E-state index in [9.17, 15) is 4.79 Å². The van der Waals surface area contributed by atoms with Gasteiger partial charge < -0.3 is 15.0 Å². The molecule has 1 aromatic carbocycles. The lowest BCUT2D eigenvalue weighted by Crippen LogP contribution is -2.31. The SMILES string of the molecule is CN(CCCCc1ccc(-c2ncc(CNC(=O)OC(C)(C)C)s2)cc1)C1CC1. The van der Waals surface area contributed by atoms with Gasteiger partial charge in [-0.1, -0.05) is 24.3 Å². The molecule has 3 rings (SSSR count).